The van der Waals surface area contributed by atoms with Crippen LogP contribution in [-0.4, -0.2) is 32.4 Å². The number of para-hydroxylation sites is 2. The number of benzene rings is 1. The van der Waals surface area contributed by atoms with E-state index in [4.69, 9.17) is 5.11 Å². The van der Waals surface area contributed by atoms with Crippen molar-refractivity contribution >= 4 is 22.9 Å². The van der Waals surface area contributed by atoms with Crippen molar-refractivity contribution in [2.24, 2.45) is 0 Å². The predicted molar refractivity (Wildman–Crippen MR) is 87.6 cm³/mol. The molecule has 6 nitrogen and oxygen atoms in total. The van der Waals surface area contributed by atoms with Gasteiger partial charge in [-0.3, -0.25) is 5.32 Å². The number of rotatable bonds is 3. The van der Waals surface area contributed by atoms with Crippen molar-refractivity contribution in [3.8, 4) is 11.8 Å². The standard InChI is InChI=1S/C17H13FN4O2/c18-9-10-22-14-4-2-1-3-13(14)20-16(22)8-6-12-5-7-15(19-11-12)21-17(23)24/h1-5,7,11H,9-10H2,(H,19,21)(H,23,24). The second-order valence-electron chi connectivity index (χ2n) is 4.88. The predicted octanol–water partition coefficient (Wildman–Crippen LogP) is 2.89. The summed E-state index contributed by atoms with van der Waals surface area (Å²) >= 11 is 0. The maximum Gasteiger partial charge on any atom is 0.410 e. The van der Waals surface area contributed by atoms with Crippen LogP contribution in [-0.2, 0) is 6.54 Å². The molecular formula is C17H13FN4O2. The molecule has 0 spiro atoms. The Hall–Kier alpha value is -3.40. The van der Waals surface area contributed by atoms with E-state index in [-0.39, 0.29) is 12.4 Å². The third-order valence-electron chi connectivity index (χ3n) is 3.28. The number of hydrogen-bond donors (Lipinski definition) is 2. The van der Waals surface area contributed by atoms with Crippen molar-refractivity contribution in [3.63, 3.8) is 0 Å². The Labute approximate surface area is 137 Å². The largest absolute Gasteiger partial charge is 0.465 e. The number of pyridine rings is 1. The lowest BCUT2D eigenvalue weighted by Gasteiger charge is -2.01. The molecule has 1 amide bonds. The van der Waals surface area contributed by atoms with Crippen molar-refractivity contribution in [1.29, 1.82) is 0 Å². The fourth-order valence-electron chi connectivity index (χ4n) is 2.26. The second kappa shape index (κ2) is 6.79. The number of hydrogen-bond acceptors (Lipinski definition) is 3. The van der Waals surface area contributed by atoms with E-state index in [0.717, 1.165) is 11.0 Å². The van der Waals surface area contributed by atoms with Crippen LogP contribution in [0.1, 0.15) is 11.4 Å². The SMILES string of the molecule is O=C(O)Nc1ccc(C#Cc2nc3ccccc3n2CCF)cn1. The molecule has 2 aromatic heterocycles. The number of imidazole rings is 1. The topological polar surface area (TPSA) is 80.0 Å². The van der Waals surface area contributed by atoms with Crippen LogP contribution in [0.15, 0.2) is 42.6 Å². The normalized spacial score (nSPS) is 10.2. The molecule has 0 saturated heterocycles. The average molecular weight is 324 g/mol. The van der Waals surface area contributed by atoms with Gasteiger partial charge in [-0.1, -0.05) is 18.1 Å². The first-order valence-electron chi connectivity index (χ1n) is 7.16. The fourth-order valence-corrected chi connectivity index (χ4v) is 2.26. The minimum absolute atomic E-state index is 0.185. The molecule has 3 aromatic rings. The van der Waals surface area contributed by atoms with E-state index in [9.17, 15) is 9.18 Å². The number of aryl methyl sites for hydroxylation is 1. The molecule has 24 heavy (non-hydrogen) atoms. The van der Waals surface area contributed by atoms with E-state index >= 15 is 0 Å². The van der Waals surface area contributed by atoms with Gasteiger partial charge in [-0.15, -0.1) is 0 Å². The van der Waals surface area contributed by atoms with Crippen molar-refractivity contribution in [2.75, 3.05) is 12.0 Å². The highest BCUT2D eigenvalue weighted by atomic mass is 19.1. The molecule has 0 unspecified atom stereocenters. The molecule has 0 aliphatic heterocycles. The first-order chi connectivity index (χ1) is 11.7. The molecule has 2 N–H and O–H groups in total. The van der Waals surface area contributed by atoms with E-state index in [1.165, 1.54) is 12.3 Å². The highest BCUT2D eigenvalue weighted by Gasteiger charge is 2.07. The van der Waals surface area contributed by atoms with Crippen LogP contribution in [0.2, 0.25) is 0 Å². The zero-order chi connectivity index (χ0) is 16.9. The minimum Gasteiger partial charge on any atom is -0.465 e. The Kier molecular flexibility index (Phi) is 4.38. The highest BCUT2D eigenvalue weighted by molar-refractivity contribution is 5.81. The van der Waals surface area contributed by atoms with Crippen LogP contribution in [0.4, 0.5) is 15.0 Å². The minimum atomic E-state index is -1.18. The first-order valence-corrected chi connectivity index (χ1v) is 7.16. The maximum atomic E-state index is 12.8. The Balaban J connectivity index is 1.91. The summed E-state index contributed by atoms with van der Waals surface area (Å²) in [5.41, 5.74) is 2.19. The summed E-state index contributed by atoms with van der Waals surface area (Å²) < 4.78 is 14.5. The van der Waals surface area contributed by atoms with E-state index in [1.807, 2.05) is 24.3 Å². The number of anilines is 1. The number of alkyl halides is 1. The molecule has 0 radical (unpaired) electrons. The van der Waals surface area contributed by atoms with Gasteiger partial charge in [0.1, 0.15) is 12.5 Å². The van der Waals surface area contributed by atoms with Gasteiger partial charge < -0.3 is 9.67 Å². The quantitative estimate of drug-likeness (QED) is 0.726. The van der Waals surface area contributed by atoms with Gasteiger partial charge >= 0.3 is 6.09 Å². The molecule has 3 rings (SSSR count). The maximum absolute atomic E-state index is 12.8. The number of carbonyl (C=O) groups is 1. The highest BCUT2D eigenvalue weighted by Crippen LogP contribution is 2.15. The molecular weight excluding hydrogens is 311 g/mol. The van der Waals surface area contributed by atoms with Crippen LogP contribution in [0.3, 0.4) is 0 Å². The monoisotopic (exact) mass is 324 g/mol. The van der Waals surface area contributed by atoms with E-state index in [1.54, 1.807) is 10.6 Å². The summed E-state index contributed by atoms with van der Waals surface area (Å²) in [5.74, 6) is 6.52. The molecule has 120 valence electrons. The van der Waals surface area contributed by atoms with Crippen molar-refractivity contribution in [3.05, 3.63) is 54.0 Å². The Morgan fingerprint density at radius 2 is 2.08 bits per heavy atom. The number of nitrogens with one attached hydrogen (secondary N) is 1. The van der Waals surface area contributed by atoms with Gasteiger partial charge in [0.25, 0.3) is 0 Å². The molecule has 0 fully saturated rings. The average Bonchev–Trinajstić information content (AvgIpc) is 2.92. The smallest absolute Gasteiger partial charge is 0.410 e. The van der Waals surface area contributed by atoms with Crippen LogP contribution < -0.4 is 5.32 Å². The van der Waals surface area contributed by atoms with E-state index in [2.05, 4.69) is 27.1 Å². The van der Waals surface area contributed by atoms with Crippen LogP contribution >= 0.6 is 0 Å². The Bertz CT molecular complexity index is 939. The number of halogens is 1. The molecule has 2 heterocycles. The number of carboxylic acid groups (broad SMARTS) is 1. The lowest BCUT2D eigenvalue weighted by molar-refractivity contribution is 0.209. The van der Waals surface area contributed by atoms with Crippen molar-refractivity contribution in [1.82, 2.24) is 14.5 Å². The summed E-state index contributed by atoms with van der Waals surface area (Å²) in [4.78, 5) is 18.9. The summed E-state index contributed by atoms with van der Waals surface area (Å²) in [7, 11) is 0. The van der Waals surface area contributed by atoms with Gasteiger partial charge in [0.05, 0.1) is 17.6 Å². The summed E-state index contributed by atoms with van der Waals surface area (Å²) in [6.45, 7) is -0.323. The molecule has 0 aliphatic carbocycles. The van der Waals surface area contributed by atoms with Crippen molar-refractivity contribution < 1.29 is 14.3 Å². The zero-order valence-electron chi connectivity index (χ0n) is 12.5. The van der Waals surface area contributed by atoms with Crippen molar-refractivity contribution in [2.45, 2.75) is 6.54 Å². The molecule has 0 aliphatic rings. The van der Waals surface area contributed by atoms with Crippen LogP contribution in [0, 0.1) is 11.8 Å². The van der Waals surface area contributed by atoms with Gasteiger partial charge in [-0.2, -0.15) is 0 Å². The van der Waals surface area contributed by atoms with Gasteiger partial charge in [0, 0.05) is 11.8 Å². The van der Waals surface area contributed by atoms with Gasteiger partial charge in [0.2, 0.25) is 0 Å². The van der Waals surface area contributed by atoms with Gasteiger partial charge in [-0.25, -0.2) is 19.2 Å². The number of nitrogens with zero attached hydrogens (tertiary/aromatic N) is 3. The lowest BCUT2D eigenvalue weighted by Crippen LogP contribution is -2.08. The Morgan fingerprint density at radius 3 is 2.79 bits per heavy atom. The summed E-state index contributed by atoms with van der Waals surface area (Å²) in [6.07, 6.45) is 0.279. The molecule has 0 saturated carbocycles. The van der Waals surface area contributed by atoms with Gasteiger partial charge in [-0.05, 0) is 30.2 Å². The third kappa shape index (κ3) is 3.33. The number of fused-ring (bicyclic) bond motifs is 1. The zero-order valence-corrected chi connectivity index (χ0v) is 12.5. The molecule has 0 atom stereocenters. The summed E-state index contributed by atoms with van der Waals surface area (Å²) in [6, 6.07) is 10.6. The van der Waals surface area contributed by atoms with E-state index in [0.29, 0.717) is 11.4 Å². The van der Waals surface area contributed by atoms with Gasteiger partial charge in [0.15, 0.2) is 5.82 Å². The third-order valence-corrected chi connectivity index (χ3v) is 3.28. The fraction of sp³-hybridized carbons (Fsp3) is 0.118. The first kappa shape index (κ1) is 15.5. The second-order valence-corrected chi connectivity index (χ2v) is 4.88. The number of aromatic nitrogens is 3. The summed E-state index contributed by atoms with van der Waals surface area (Å²) in [5, 5.41) is 10.8. The van der Waals surface area contributed by atoms with E-state index < -0.39 is 12.8 Å². The number of amides is 1. The molecule has 7 heteroatoms. The van der Waals surface area contributed by atoms with Crippen LogP contribution in [0.5, 0.6) is 0 Å². The molecule has 1 aromatic carbocycles. The Morgan fingerprint density at radius 1 is 1.25 bits per heavy atom. The lowest BCUT2D eigenvalue weighted by atomic mass is 10.3. The van der Waals surface area contributed by atoms with Crippen LogP contribution in [0.25, 0.3) is 11.0 Å². The molecule has 0 bridgehead atoms.